The second-order valence-electron chi connectivity index (χ2n) is 6.75. The number of guanidine groups is 1. The van der Waals surface area contributed by atoms with Crippen LogP contribution in [0.2, 0.25) is 0 Å². The van der Waals surface area contributed by atoms with Crippen LogP contribution in [-0.4, -0.2) is 42.0 Å². The van der Waals surface area contributed by atoms with Crippen LogP contribution < -0.4 is 5.32 Å². The molecule has 130 valence electrons. The van der Waals surface area contributed by atoms with Gasteiger partial charge in [0.25, 0.3) is 0 Å². The van der Waals surface area contributed by atoms with Gasteiger partial charge in [0, 0.05) is 37.5 Å². The Morgan fingerprint density at radius 3 is 2.65 bits per heavy atom. The predicted molar refractivity (Wildman–Crippen MR) is 109 cm³/mol. The Bertz CT molecular complexity index is 551. The topological polar surface area (TPSA) is 40.5 Å². The van der Waals surface area contributed by atoms with Crippen molar-refractivity contribution in [2.24, 2.45) is 10.4 Å². The van der Waals surface area contributed by atoms with E-state index < -0.39 is 0 Å². The van der Waals surface area contributed by atoms with Crippen LogP contribution in [0.25, 0.3) is 0 Å². The first kappa shape index (κ1) is 19.0. The van der Waals surface area contributed by atoms with E-state index in [0.717, 1.165) is 30.5 Å². The Morgan fingerprint density at radius 2 is 2.13 bits per heavy atom. The lowest BCUT2D eigenvalue weighted by atomic mass is 9.68. The third-order valence-electron chi connectivity index (χ3n) is 5.09. The minimum absolute atomic E-state index is 0. The molecule has 1 aromatic rings. The molecule has 2 heterocycles. The van der Waals surface area contributed by atoms with Gasteiger partial charge in [-0.3, -0.25) is 4.99 Å². The summed E-state index contributed by atoms with van der Waals surface area (Å²) in [5.41, 5.74) is 1.80. The Labute approximate surface area is 161 Å². The Balaban J connectivity index is 0.00000192. The number of aryl methyl sites for hydroxylation is 2. The van der Waals surface area contributed by atoms with E-state index in [4.69, 9.17) is 4.99 Å². The van der Waals surface area contributed by atoms with Crippen molar-refractivity contribution in [2.75, 3.05) is 26.2 Å². The van der Waals surface area contributed by atoms with E-state index >= 15 is 0 Å². The van der Waals surface area contributed by atoms with Crippen molar-refractivity contribution in [2.45, 2.75) is 52.9 Å². The van der Waals surface area contributed by atoms with Gasteiger partial charge in [0.05, 0.1) is 10.7 Å². The molecule has 6 heteroatoms. The van der Waals surface area contributed by atoms with Crippen molar-refractivity contribution >= 4 is 41.3 Å². The summed E-state index contributed by atoms with van der Waals surface area (Å²) >= 11 is 1.81. The molecule has 0 atom stereocenters. The molecule has 0 bridgehead atoms. The van der Waals surface area contributed by atoms with Gasteiger partial charge in [-0.2, -0.15) is 0 Å². The zero-order valence-corrected chi connectivity index (χ0v) is 17.7. The molecule has 0 unspecified atom stereocenters. The summed E-state index contributed by atoms with van der Waals surface area (Å²) < 4.78 is 0. The number of likely N-dealkylation sites (tertiary alicyclic amines) is 1. The molecule has 1 N–H and O–H groups in total. The summed E-state index contributed by atoms with van der Waals surface area (Å²) in [6.07, 6.45) is 6.62. The minimum atomic E-state index is 0. The smallest absolute Gasteiger partial charge is 0.193 e. The highest BCUT2D eigenvalue weighted by Gasteiger charge is 2.43. The molecule has 23 heavy (non-hydrogen) atoms. The van der Waals surface area contributed by atoms with Crippen molar-refractivity contribution in [3.63, 3.8) is 0 Å². The monoisotopic (exact) mass is 448 g/mol. The molecule has 4 nitrogen and oxygen atoms in total. The maximum Gasteiger partial charge on any atom is 0.193 e. The summed E-state index contributed by atoms with van der Waals surface area (Å²) in [4.78, 5) is 13.2. The van der Waals surface area contributed by atoms with Gasteiger partial charge in [-0.05, 0) is 45.4 Å². The van der Waals surface area contributed by atoms with E-state index in [2.05, 4.69) is 36.0 Å². The second-order valence-corrected chi connectivity index (χ2v) is 8.04. The van der Waals surface area contributed by atoms with Crippen LogP contribution in [0.1, 0.15) is 48.2 Å². The second kappa shape index (κ2) is 8.14. The molecule has 2 aliphatic rings. The summed E-state index contributed by atoms with van der Waals surface area (Å²) in [6, 6.07) is 0. The molecule has 1 aliphatic heterocycles. The fourth-order valence-corrected chi connectivity index (χ4v) is 4.62. The fraction of sp³-hybridized carbons (Fsp3) is 0.765. The Morgan fingerprint density at radius 1 is 1.35 bits per heavy atom. The maximum atomic E-state index is 4.88. The lowest BCUT2D eigenvalue weighted by Crippen LogP contribution is -2.42. The summed E-state index contributed by atoms with van der Waals surface area (Å²) in [7, 11) is 0. The number of nitrogens with zero attached hydrogens (tertiary/aromatic N) is 3. The Hall–Kier alpha value is -0.370. The highest BCUT2D eigenvalue weighted by atomic mass is 127. The molecule has 1 spiro atoms. The minimum Gasteiger partial charge on any atom is -0.357 e. The van der Waals surface area contributed by atoms with Gasteiger partial charge in [-0.15, -0.1) is 35.3 Å². The molecule has 1 aromatic heterocycles. The van der Waals surface area contributed by atoms with Gasteiger partial charge in [-0.1, -0.05) is 6.42 Å². The van der Waals surface area contributed by atoms with Gasteiger partial charge >= 0.3 is 0 Å². The third kappa shape index (κ3) is 4.38. The van der Waals surface area contributed by atoms with Gasteiger partial charge < -0.3 is 10.2 Å². The number of aliphatic imine (C=N–C) groups is 1. The van der Waals surface area contributed by atoms with Crippen molar-refractivity contribution < 1.29 is 0 Å². The van der Waals surface area contributed by atoms with Crippen LogP contribution in [-0.2, 0) is 6.42 Å². The number of halogens is 1. The SMILES string of the molecule is CCNC(=NCCc1sc(C)nc1C)N1CCC2(CCC2)C1.I. The van der Waals surface area contributed by atoms with Crippen LogP contribution in [0.15, 0.2) is 4.99 Å². The predicted octanol–water partition coefficient (Wildman–Crippen LogP) is 3.76. The third-order valence-corrected chi connectivity index (χ3v) is 6.22. The van der Waals surface area contributed by atoms with Gasteiger partial charge in [-0.25, -0.2) is 4.98 Å². The molecule has 1 saturated carbocycles. The van der Waals surface area contributed by atoms with Crippen LogP contribution in [0.5, 0.6) is 0 Å². The lowest BCUT2D eigenvalue weighted by Gasteiger charge is -2.38. The molecule has 0 radical (unpaired) electrons. The van der Waals surface area contributed by atoms with Crippen molar-refractivity contribution in [1.82, 2.24) is 15.2 Å². The van der Waals surface area contributed by atoms with E-state index in [1.807, 2.05) is 11.3 Å². The Kier molecular flexibility index (Phi) is 6.71. The van der Waals surface area contributed by atoms with Crippen LogP contribution in [0.3, 0.4) is 0 Å². The summed E-state index contributed by atoms with van der Waals surface area (Å²) in [5, 5.41) is 4.64. The van der Waals surface area contributed by atoms with Crippen LogP contribution in [0, 0.1) is 19.3 Å². The van der Waals surface area contributed by atoms with Crippen LogP contribution in [0.4, 0.5) is 0 Å². The molecular formula is C17H29IN4S. The first-order valence-corrected chi connectivity index (χ1v) is 9.40. The molecule has 1 saturated heterocycles. The van der Waals surface area contributed by atoms with E-state index in [1.54, 1.807) is 0 Å². The van der Waals surface area contributed by atoms with Gasteiger partial charge in [0.1, 0.15) is 0 Å². The van der Waals surface area contributed by atoms with Crippen molar-refractivity contribution in [3.05, 3.63) is 15.6 Å². The van der Waals surface area contributed by atoms with E-state index in [9.17, 15) is 0 Å². The number of nitrogens with one attached hydrogen (secondary N) is 1. The zero-order valence-electron chi connectivity index (χ0n) is 14.5. The maximum absolute atomic E-state index is 4.88. The fourth-order valence-electron chi connectivity index (χ4n) is 3.70. The first-order chi connectivity index (χ1) is 10.6. The van der Waals surface area contributed by atoms with Crippen LogP contribution >= 0.6 is 35.3 Å². The quantitative estimate of drug-likeness (QED) is 0.433. The number of aromatic nitrogens is 1. The van der Waals surface area contributed by atoms with Crippen molar-refractivity contribution in [1.29, 1.82) is 0 Å². The molecule has 1 aliphatic carbocycles. The summed E-state index contributed by atoms with van der Waals surface area (Å²) in [5.74, 6) is 1.12. The average molecular weight is 448 g/mol. The lowest BCUT2D eigenvalue weighted by molar-refractivity contribution is 0.151. The molecule has 0 aromatic carbocycles. The van der Waals surface area contributed by atoms with Crippen molar-refractivity contribution in [3.8, 4) is 0 Å². The molecular weight excluding hydrogens is 419 g/mol. The van der Waals surface area contributed by atoms with E-state index in [-0.39, 0.29) is 24.0 Å². The molecule has 0 amide bonds. The van der Waals surface area contributed by atoms with Gasteiger partial charge in [0.15, 0.2) is 5.96 Å². The van der Waals surface area contributed by atoms with E-state index in [1.165, 1.54) is 49.3 Å². The molecule has 3 rings (SSSR count). The normalized spacial score (nSPS) is 19.6. The first-order valence-electron chi connectivity index (χ1n) is 8.58. The molecule has 2 fully saturated rings. The number of hydrogen-bond donors (Lipinski definition) is 1. The largest absolute Gasteiger partial charge is 0.357 e. The van der Waals surface area contributed by atoms with Gasteiger partial charge in [0.2, 0.25) is 0 Å². The zero-order chi connectivity index (χ0) is 15.6. The summed E-state index contributed by atoms with van der Waals surface area (Å²) in [6.45, 7) is 10.5. The highest BCUT2D eigenvalue weighted by molar-refractivity contribution is 14.0. The average Bonchev–Trinajstić information content (AvgIpc) is 3.02. The van der Waals surface area contributed by atoms with E-state index in [0.29, 0.717) is 5.41 Å². The number of rotatable bonds is 4. The number of hydrogen-bond acceptors (Lipinski definition) is 3. The standard InChI is InChI=1S/C17H28N4S.HI/c1-4-18-16(21-11-9-17(12-21)7-5-8-17)19-10-6-15-13(2)20-14(3)22-15;/h4-12H2,1-3H3,(H,18,19);1H. The number of thiazole rings is 1. The highest BCUT2D eigenvalue weighted by Crippen LogP contribution is 2.47.